The number of hydrogen-bond acceptors (Lipinski definition) is 6. The van der Waals surface area contributed by atoms with Crippen molar-refractivity contribution in [1.29, 1.82) is 0 Å². The fourth-order valence-corrected chi connectivity index (χ4v) is 5.14. The van der Waals surface area contributed by atoms with E-state index in [2.05, 4.69) is 39.5 Å². The lowest BCUT2D eigenvalue weighted by Gasteiger charge is -2.43. The van der Waals surface area contributed by atoms with Crippen molar-refractivity contribution in [3.63, 3.8) is 0 Å². The highest BCUT2D eigenvalue weighted by molar-refractivity contribution is 6.45. The number of fused-ring (bicyclic) bond motifs is 2. The van der Waals surface area contributed by atoms with Crippen molar-refractivity contribution >= 4 is 17.4 Å². The van der Waals surface area contributed by atoms with E-state index in [-0.39, 0.29) is 17.4 Å². The third kappa shape index (κ3) is 2.75. The van der Waals surface area contributed by atoms with Crippen molar-refractivity contribution in [1.82, 2.24) is 15.3 Å². The molecule has 1 amide bonds. The molecule has 7 nitrogen and oxygen atoms in total. The minimum Gasteiger partial charge on any atom is -0.355 e. The van der Waals surface area contributed by atoms with Gasteiger partial charge in [-0.3, -0.25) is 9.79 Å². The van der Waals surface area contributed by atoms with Crippen LogP contribution in [0.5, 0.6) is 0 Å². The molecule has 150 valence electrons. The molecule has 1 aromatic heterocycles. The summed E-state index contributed by atoms with van der Waals surface area (Å²) in [5.41, 5.74) is 12.2. The standard InChI is InChI=1S/C22H26N6O/c1-13-20(27-16-12-25-18(17(16)26-13)21(29)24-2)28-9-7-22(8-10-28)11-14-5-3-4-6-15(14)19(22)23/h3-6,19H,7-12,23H2,1-2H3,(H,24,29)/t19-/m1/s1. The summed E-state index contributed by atoms with van der Waals surface area (Å²) < 4.78 is 0. The molecule has 2 aliphatic heterocycles. The zero-order valence-electron chi connectivity index (χ0n) is 16.9. The predicted octanol–water partition coefficient (Wildman–Crippen LogP) is 1.68. The first-order chi connectivity index (χ1) is 14.0. The molecule has 0 bridgehead atoms. The molecule has 1 spiro atoms. The van der Waals surface area contributed by atoms with E-state index in [4.69, 9.17) is 15.7 Å². The zero-order chi connectivity index (χ0) is 20.2. The maximum atomic E-state index is 12.0. The molecule has 1 aromatic carbocycles. The van der Waals surface area contributed by atoms with Crippen LogP contribution in [0.3, 0.4) is 0 Å². The second kappa shape index (κ2) is 6.62. The monoisotopic (exact) mass is 390 g/mol. The summed E-state index contributed by atoms with van der Waals surface area (Å²) in [7, 11) is 1.60. The Morgan fingerprint density at radius 1 is 1.24 bits per heavy atom. The van der Waals surface area contributed by atoms with Crippen LogP contribution in [-0.2, 0) is 17.8 Å². The van der Waals surface area contributed by atoms with Gasteiger partial charge in [0.2, 0.25) is 0 Å². The largest absolute Gasteiger partial charge is 0.355 e. The van der Waals surface area contributed by atoms with Crippen LogP contribution in [0.2, 0.25) is 0 Å². The van der Waals surface area contributed by atoms with Crippen molar-refractivity contribution in [3.8, 4) is 0 Å². The Kier molecular flexibility index (Phi) is 4.17. The molecule has 1 atom stereocenters. The molecule has 0 unspecified atom stereocenters. The molecule has 0 saturated carbocycles. The van der Waals surface area contributed by atoms with E-state index in [1.54, 1.807) is 7.05 Å². The number of aliphatic imine (C=N–C) groups is 1. The molecule has 3 heterocycles. The number of carbonyl (C=O) groups is 1. The van der Waals surface area contributed by atoms with Crippen molar-refractivity contribution < 1.29 is 4.79 Å². The third-order valence-corrected chi connectivity index (χ3v) is 6.82. The quantitative estimate of drug-likeness (QED) is 0.813. The molecule has 29 heavy (non-hydrogen) atoms. The second-order valence-electron chi connectivity index (χ2n) is 8.37. The molecule has 0 radical (unpaired) electrons. The molecule has 3 aliphatic rings. The van der Waals surface area contributed by atoms with E-state index in [0.717, 1.165) is 49.6 Å². The second-order valence-corrected chi connectivity index (χ2v) is 8.37. The van der Waals surface area contributed by atoms with E-state index < -0.39 is 0 Å². The molecule has 7 heteroatoms. The van der Waals surface area contributed by atoms with Crippen LogP contribution in [0.15, 0.2) is 29.3 Å². The summed E-state index contributed by atoms with van der Waals surface area (Å²) in [5, 5.41) is 2.62. The topological polar surface area (TPSA) is 96.5 Å². The smallest absolute Gasteiger partial charge is 0.271 e. The molecular weight excluding hydrogens is 364 g/mol. The van der Waals surface area contributed by atoms with Crippen LogP contribution in [0, 0.1) is 12.3 Å². The number of aromatic nitrogens is 2. The first-order valence-electron chi connectivity index (χ1n) is 10.3. The van der Waals surface area contributed by atoms with Gasteiger partial charge in [-0.1, -0.05) is 24.3 Å². The van der Waals surface area contributed by atoms with Crippen LogP contribution in [0.4, 0.5) is 5.82 Å². The van der Waals surface area contributed by atoms with E-state index in [1.165, 1.54) is 11.1 Å². The Morgan fingerprint density at radius 2 is 2.00 bits per heavy atom. The average Bonchev–Trinajstić information content (AvgIpc) is 3.27. The highest BCUT2D eigenvalue weighted by Crippen LogP contribution is 2.51. The normalized spacial score (nSPS) is 21.7. The van der Waals surface area contributed by atoms with E-state index >= 15 is 0 Å². The van der Waals surface area contributed by atoms with Crippen molar-refractivity contribution in [2.24, 2.45) is 16.1 Å². The number of piperidine rings is 1. The number of carbonyl (C=O) groups excluding carboxylic acids is 1. The first-order valence-corrected chi connectivity index (χ1v) is 10.3. The Bertz CT molecular complexity index is 1020. The van der Waals surface area contributed by atoms with Crippen molar-refractivity contribution in [3.05, 3.63) is 52.5 Å². The van der Waals surface area contributed by atoms with Gasteiger partial charge in [-0.2, -0.15) is 0 Å². The zero-order valence-corrected chi connectivity index (χ0v) is 16.9. The number of hydrogen-bond donors (Lipinski definition) is 2. The summed E-state index contributed by atoms with van der Waals surface area (Å²) in [5.74, 6) is 0.705. The summed E-state index contributed by atoms with van der Waals surface area (Å²) in [4.78, 5) is 28.2. The summed E-state index contributed by atoms with van der Waals surface area (Å²) >= 11 is 0. The number of benzene rings is 1. The first kappa shape index (κ1) is 18.2. The highest BCUT2D eigenvalue weighted by Gasteiger charge is 2.46. The van der Waals surface area contributed by atoms with Crippen LogP contribution >= 0.6 is 0 Å². The van der Waals surface area contributed by atoms with Gasteiger partial charge in [0.05, 0.1) is 17.9 Å². The molecule has 1 fully saturated rings. The summed E-state index contributed by atoms with van der Waals surface area (Å²) in [6.45, 7) is 4.21. The van der Waals surface area contributed by atoms with Crippen LogP contribution in [0.1, 0.15) is 47.1 Å². The third-order valence-electron chi connectivity index (χ3n) is 6.82. The van der Waals surface area contributed by atoms with Gasteiger partial charge in [0.1, 0.15) is 11.5 Å². The van der Waals surface area contributed by atoms with Gasteiger partial charge < -0.3 is 16.0 Å². The fourth-order valence-electron chi connectivity index (χ4n) is 5.14. The van der Waals surface area contributed by atoms with E-state index in [1.807, 2.05) is 6.92 Å². The Labute approximate surface area is 170 Å². The van der Waals surface area contributed by atoms with Crippen LogP contribution in [-0.4, -0.2) is 41.7 Å². The Balaban J connectivity index is 1.36. The number of nitrogens with two attached hydrogens (primary N) is 1. The molecular formula is C22H26N6O. The fraction of sp³-hybridized carbons (Fsp3) is 0.455. The number of amides is 1. The lowest BCUT2D eigenvalue weighted by Crippen LogP contribution is -2.45. The molecule has 3 N–H and O–H groups in total. The van der Waals surface area contributed by atoms with E-state index in [9.17, 15) is 4.79 Å². The van der Waals surface area contributed by atoms with Crippen LogP contribution in [0.25, 0.3) is 0 Å². The number of likely N-dealkylation sites (N-methyl/N-ethyl adjacent to an activating group) is 1. The van der Waals surface area contributed by atoms with Gasteiger partial charge >= 0.3 is 0 Å². The molecule has 5 rings (SSSR count). The minimum absolute atomic E-state index is 0.108. The van der Waals surface area contributed by atoms with Gasteiger partial charge in [-0.25, -0.2) is 9.97 Å². The molecule has 1 saturated heterocycles. The van der Waals surface area contributed by atoms with Crippen molar-refractivity contribution in [2.75, 3.05) is 25.0 Å². The van der Waals surface area contributed by atoms with Gasteiger partial charge in [0.15, 0.2) is 5.71 Å². The Hall–Kier alpha value is -2.80. The number of nitrogens with zero attached hydrogens (tertiary/aromatic N) is 4. The summed E-state index contributed by atoms with van der Waals surface area (Å²) in [6, 6.07) is 8.71. The SMILES string of the molecule is CNC(=O)C1=NCc2nc(N3CCC4(CC3)Cc3ccccc3[C@H]4N)c(C)nc21. The molecule has 2 aromatic rings. The maximum absolute atomic E-state index is 12.0. The summed E-state index contributed by atoms with van der Waals surface area (Å²) in [6.07, 6.45) is 3.15. The Morgan fingerprint density at radius 3 is 2.72 bits per heavy atom. The number of aryl methyl sites for hydroxylation is 1. The number of rotatable bonds is 2. The maximum Gasteiger partial charge on any atom is 0.271 e. The van der Waals surface area contributed by atoms with E-state index in [0.29, 0.717) is 18.0 Å². The number of anilines is 1. The van der Waals surface area contributed by atoms with Gasteiger partial charge in [-0.05, 0) is 42.7 Å². The predicted molar refractivity (Wildman–Crippen MR) is 112 cm³/mol. The van der Waals surface area contributed by atoms with Gasteiger partial charge in [0, 0.05) is 26.2 Å². The van der Waals surface area contributed by atoms with Crippen molar-refractivity contribution in [2.45, 2.75) is 38.8 Å². The van der Waals surface area contributed by atoms with Crippen LogP contribution < -0.4 is 16.0 Å². The number of nitrogens with one attached hydrogen (secondary N) is 1. The van der Waals surface area contributed by atoms with Gasteiger partial charge in [0.25, 0.3) is 5.91 Å². The average molecular weight is 390 g/mol. The highest BCUT2D eigenvalue weighted by atomic mass is 16.1. The lowest BCUT2D eigenvalue weighted by atomic mass is 9.73. The lowest BCUT2D eigenvalue weighted by molar-refractivity contribution is -0.114. The minimum atomic E-state index is -0.208. The molecule has 1 aliphatic carbocycles. The van der Waals surface area contributed by atoms with Gasteiger partial charge in [-0.15, -0.1) is 0 Å².